The molecule has 0 spiro atoms. The van der Waals surface area contributed by atoms with Crippen molar-refractivity contribution in [1.82, 2.24) is 10.6 Å². The second kappa shape index (κ2) is 13.4. The molecule has 2 N–H and O–H groups in total. The SMILES string of the molecule is CCOC(=O)NC(=O)COC(=O)C(CCSC)NC(=O)COc1ccccc1. The van der Waals surface area contributed by atoms with Gasteiger partial charge in [-0.15, -0.1) is 0 Å². The quantitative estimate of drug-likeness (QED) is 0.519. The molecule has 3 amide bonds. The predicted molar refractivity (Wildman–Crippen MR) is 103 cm³/mol. The molecule has 1 atom stereocenters. The lowest BCUT2D eigenvalue weighted by atomic mass is 10.2. The highest BCUT2D eigenvalue weighted by Crippen LogP contribution is 2.08. The number of imide groups is 1. The van der Waals surface area contributed by atoms with Gasteiger partial charge in [-0.05, 0) is 37.5 Å². The molecule has 0 bridgehead atoms. The number of carbonyl (C=O) groups is 4. The van der Waals surface area contributed by atoms with E-state index in [2.05, 4.69) is 10.1 Å². The van der Waals surface area contributed by atoms with Gasteiger partial charge < -0.3 is 19.5 Å². The molecule has 0 aliphatic rings. The molecule has 1 rings (SSSR count). The lowest BCUT2D eigenvalue weighted by Crippen LogP contribution is -2.45. The first kappa shape index (κ1) is 23.3. The molecular formula is C18H24N2O7S. The van der Waals surface area contributed by atoms with Crippen molar-refractivity contribution >= 4 is 35.6 Å². The number of rotatable bonds is 11. The van der Waals surface area contributed by atoms with Crippen LogP contribution in [0.4, 0.5) is 4.79 Å². The molecule has 0 heterocycles. The van der Waals surface area contributed by atoms with Crippen LogP contribution in [0.25, 0.3) is 0 Å². The van der Waals surface area contributed by atoms with Crippen molar-refractivity contribution < 1.29 is 33.4 Å². The third-order valence-electron chi connectivity index (χ3n) is 3.21. The maximum Gasteiger partial charge on any atom is 0.413 e. The molecule has 154 valence electrons. The van der Waals surface area contributed by atoms with Crippen molar-refractivity contribution in [3.05, 3.63) is 30.3 Å². The summed E-state index contributed by atoms with van der Waals surface area (Å²) >= 11 is 1.49. The van der Waals surface area contributed by atoms with Gasteiger partial charge >= 0.3 is 12.1 Å². The maximum atomic E-state index is 12.2. The van der Waals surface area contributed by atoms with Crippen LogP contribution >= 0.6 is 11.8 Å². The Morgan fingerprint density at radius 2 is 1.75 bits per heavy atom. The van der Waals surface area contributed by atoms with Gasteiger partial charge in [-0.2, -0.15) is 11.8 Å². The molecule has 0 saturated heterocycles. The van der Waals surface area contributed by atoms with Crippen LogP contribution in [0.3, 0.4) is 0 Å². The van der Waals surface area contributed by atoms with Gasteiger partial charge in [-0.1, -0.05) is 18.2 Å². The number of ether oxygens (including phenoxy) is 3. The third kappa shape index (κ3) is 9.81. The van der Waals surface area contributed by atoms with Gasteiger partial charge in [0.1, 0.15) is 11.8 Å². The number of carbonyl (C=O) groups excluding carboxylic acids is 4. The summed E-state index contributed by atoms with van der Waals surface area (Å²) in [4.78, 5) is 46.9. The van der Waals surface area contributed by atoms with Crippen LogP contribution in [-0.2, 0) is 23.9 Å². The molecular weight excluding hydrogens is 388 g/mol. The Morgan fingerprint density at radius 1 is 1.04 bits per heavy atom. The Bertz CT molecular complexity index is 655. The fraction of sp³-hybridized carbons (Fsp3) is 0.444. The molecule has 1 unspecified atom stereocenters. The summed E-state index contributed by atoms with van der Waals surface area (Å²) in [7, 11) is 0. The van der Waals surface area contributed by atoms with Crippen LogP contribution in [0.2, 0.25) is 0 Å². The van der Waals surface area contributed by atoms with Crippen LogP contribution in [0.5, 0.6) is 5.75 Å². The molecule has 0 aliphatic carbocycles. The Hall–Kier alpha value is -2.75. The minimum Gasteiger partial charge on any atom is -0.484 e. The Kier molecular flexibility index (Phi) is 11.2. The smallest absolute Gasteiger partial charge is 0.413 e. The number of para-hydroxylation sites is 1. The molecule has 0 fully saturated rings. The van der Waals surface area contributed by atoms with Crippen molar-refractivity contribution in [2.45, 2.75) is 19.4 Å². The van der Waals surface area contributed by atoms with Gasteiger partial charge in [0.15, 0.2) is 13.2 Å². The van der Waals surface area contributed by atoms with Gasteiger partial charge in [0.2, 0.25) is 0 Å². The highest BCUT2D eigenvalue weighted by atomic mass is 32.2. The highest BCUT2D eigenvalue weighted by Gasteiger charge is 2.23. The van der Waals surface area contributed by atoms with E-state index in [1.54, 1.807) is 31.2 Å². The minimum absolute atomic E-state index is 0.104. The Morgan fingerprint density at radius 3 is 2.39 bits per heavy atom. The van der Waals surface area contributed by atoms with E-state index < -0.39 is 36.5 Å². The topological polar surface area (TPSA) is 120 Å². The maximum absolute atomic E-state index is 12.2. The van der Waals surface area contributed by atoms with E-state index in [1.807, 2.05) is 17.6 Å². The molecule has 0 radical (unpaired) electrons. The Labute approximate surface area is 167 Å². The van der Waals surface area contributed by atoms with Crippen LogP contribution in [0.1, 0.15) is 13.3 Å². The van der Waals surface area contributed by atoms with Crippen molar-refractivity contribution in [1.29, 1.82) is 0 Å². The highest BCUT2D eigenvalue weighted by molar-refractivity contribution is 7.98. The van der Waals surface area contributed by atoms with Crippen LogP contribution in [0, 0.1) is 0 Å². The van der Waals surface area contributed by atoms with E-state index in [1.165, 1.54) is 11.8 Å². The van der Waals surface area contributed by atoms with Crippen LogP contribution < -0.4 is 15.4 Å². The zero-order valence-corrected chi connectivity index (χ0v) is 16.6. The van der Waals surface area contributed by atoms with Crippen LogP contribution in [0.15, 0.2) is 30.3 Å². The molecule has 0 aliphatic heterocycles. The zero-order valence-electron chi connectivity index (χ0n) is 15.8. The molecule has 1 aromatic rings. The van der Waals surface area contributed by atoms with E-state index in [9.17, 15) is 19.2 Å². The van der Waals surface area contributed by atoms with Crippen molar-refractivity contribution in [2.24, 2.45) is 0 Å². The first-order valence-electron chi connectivity index (χ1n) is 8.55. The third-order valence-corrected chi connectivity index (χ3v) is 3.85. The lowest BCUT2D eigenvalue weighted by Gasteiger charge is -2.17. The summed E-state index contributed by atoms with van der Waals surface area (Å²) in [5.74, 6) is -0.982. The number of hydrogen-bond acceptors (Lipinski definition) is 8. The normalized spacial score (nSPS) is 11.1. The summed E-state index contributed by atoms with van der Waals surface area (Å²) in [6, 6.07) is 7.83. The second-order valence-corrected chi connectivity index (χ2v) is 6.37. The van der Waals surface area contributed by atoms with Crippen molar-refractivity contribution in [3.63, 3.8) is 0 Å². The molecule has 1 aromatic carbocycles. The fourth-order valence-electron chi connectivity index (χ4n) is 1.94. The Balaban J connectivity index is 2.48. The number of thioether (sulfide) groups is 1. The summed E-state index contributed by atoms with van der Waals surface area (Å²) < 4.78 is 14.8. The summed E-state index contributed by atoms with van der Waals surface area (Å²) in [5.41, 5.74) is 0. The first-order chi connectivity index (χ1) is 13.5. The average molecular weight is 412 g/mol. The zero-order chi connectivity index (χ0) is 20.8. The van der Waals surface area contributed by atoms with E-state index in [0.29, 0.717) is 17.9 Å². The summed E-state index contributed by atoms with van der Waals surface area (Å²) in [5, 5.41) is 4.44. The number of hydrogen-bond donors (Lipinski definition) is 2. The second-order valence-electron chi connectivity index (χ2n) is 5.38. The number of esters is 1. The van der Waals surface area contributed by atoms with Crippen molar-refractivity contribution in [2.75, 3.05) is 31.8 Å². The van der Waals surface area contributed by atoms with Crippen molar-refractivity contribution in [3.8, 4) is 5.75 Å². The van der Waals surface area contributed by atoms with E-state index in [4.69, 9.17) is 9.47 Å². The van der Waals surface area contributed by atoms with Gasteiger partial charge in [-0.25, -0.2) is 9.59 Å². The summed E-state index contributed by atoms with van der Waals surface area (Å²) in [6.45, 7) is 0.761. The minimum atomic E-state index is -0.935. The molecule has 0 saturated carbocycles. The lowest BCUT2D eigenvalue weighted by molar-refractivity contribution is -0.151. The van der Waals surface area contributed by atoms with E-state index in [0.717, 1.165) is 0 Å². The number of nitrogens with one attached hydrogen (secondary N) is 2. The fourth-order valence-corrected chi connectivity index (χ4v) is 2.41. The van der Waals surface area contributed by atoms with Gasteiger partial charge in [-0.3, -0.25) is 14.9 Å². The van der Waals surface area contributed by atoms with E-state index in [-0.39, 0.29) is 13.2 Å². The molecule has 28 heavy (non-hydrogen) atoms. The average Bonchev–Trinajstić information content (AvgIpc) is 2.68. The molecule has 10 heteroatoms. The first-order valence-corrected chi connectivity index (χ1v) is 9.95. The number of benzene rings is 1. The van der Waals surface area contributed by atoms with Gasteiger partial charge in [0.25, 0.3) is 11.8 Å². The molecule has 0 aromatic heterocycles. The number of amides is 3. The van der Waals surface area contributed by atoms with E-state index >= 15 is 0 Å². The largest absolute Gasteiger partial charge is 0.484 e. The summed E-state index contributed by atoms with van der Waals surface area (Å²) in [6.07, 6.45) is 1.25. The van der Waals surface area contributed by atoms with Crippen LogP contribution in [-0.4, -0.2) is 61.7 Å². The standard InChI is InChI=1S/C18H24N2O7S/c1-3-25-18(24)20-16(22)12-27-17(23)14(9-10-28-2)19-15(21)11-26-13-7-5-4-6-8-13/h4-8,14H,3,9-12H2,1-2H3,(H,19,21)(H,20,22,24). The van der Waals surface area contributed by atoms with Gasteiger partial charge in [0.05, 0.1) is 6.61 Å². The molecule has 9 nitrogen and oxygen atoms in total. The monoisotopic (exact) mass is 412 g/mol. The number of alkyl carbamates (subject to hydrolysis) is 1. The van der Waals surface area contributed by atoms with Gasteiger partial charge in [0, 0.05) is 0 Å². The predicted octanol–water partition coefficient (Wildman–Crippen LogP) is 1.12.